The predicted molar refractivity (Wildman–Crippen MR) is 70.4 cm³/mol. The second kappa shape index (κ2) is 11.3. The molecular formula is C4H4F12O12S4. The Labute approximate surface area is 167 Å². The zero-order chi connectivity index (χ0) is 28.0. The van der Waals surface area contributed by atoms with Crippen LogP contribution >= 0.6 is 0 Å². The van der Waals surface area contributed by atoms with Crippen LogP contribution in [0.3, 0.4) is 0 Å². The quantitative estimate of drug-likeness (QED) is 0.177. The number of halogens is 12. The van der Waals surface area contributed by atoms with Gasteiger partial charge < -0.3 is 0 Å². The van der Waals surface area contributed by atoms with E-state index in [1.807, 2.05) is 0 Å². The van der Waals surface area contributed by atoms with Crippen molar-refractivity contribution in [2.24, 2.45) is 0 Å². The van der Waals surface area contributed by atoms with Crippen molar-refractivity contribution < 1.29 is 105 Å². The minimum Gasteiger partial charge on any atom is -0.279 e. The van der Waals surface area contributed by atoms with Crippen molar-refractivity contribution >= 4 is 40.5 Å². The van der Waals surface area contributed by atoms with Crippen LogP contribution in [0.15, 0.2) is 0 Å². The lowest BCUT2D eigenvalue weighted by molar-refractivity contribution is -0.0514. The van der Waals surface area contributed by atoms with E-state index in [9.17, 15) is 52.7 Å². The lowest BCUT2D eigenvalue weighted by atomic mass is 11.6. The predicted octanol–water partition coefficient (Wildman–Crippen LogP) is 1.58. The van der Waals surface area contributed by atoms with Crippen LogP contribution in [0.4, 0.5) is 52.7 Å². The molecule has 28 heteroatoms. The van der Waals surface area contributed by atoms with Crippen LogP contribution in [0.5, 0.6) is 0 Å². The Bertz CT molecular complexity index is 822. The van der Waals surface area contributed by atoms with Gasteiger partial charge in [0.05, 0.1) is 0 Å². The zero-order valence-corrected chi connectivity index (χ0v) is 16.5. The van der Waals surface area contributed by atoms with Crippen LogP contribution in [0.25, 0.3) is 0 Å². The van der Waals surface area contributed by atoms with Crippen LogP contribution in [0.2, 0.25) is 0 Å². The van der Waals surface area contributed by atoms with E-state index in [1.54, 1.807) is 0 Å². The minimum absolute atomic E-state index is 5.53. The summed E-state index contributed by atoms with van der Waals surface area (Å²) in [5.41, 5.74) is -22.1. The van der Waals surface area contributed by atoms with Gasteiger partial charge in [-0.25, -0.2) is 0 Å². The first-order valence-corrected chi connectivity index (χ1v) is 10.9. The smallest absolute Gasteiger partial charge is 0.279 e. The third-order valence-corrected chi connectivity index (χ3v) is 3.51. The number of alkyl halides is 12. The van der Waals surface area contributed by atoms with Crippen molar-refractivity contribution in [1.82, 2.24) is 0 Å². The Morgan fingerprint density at radius 3 is 0.344 bits per heavy atom. The summed E-state index contributed by atoms with van der Waals surface area (Å²) in [6.07, 6.45) is 0. The standard InChI is InChI=1S/4CHF3O3S/c4*2-1(3,4)8(5,6)7/h4*(H,5,6,7). The maximum Gasteiger partial charge on any atom is 0.522 e. The van der Waals surface area contributed by atoms with Gasteiger partial charge in [-0.2, -0.15) is 86.4 Å². The molecule has 0 bridgehead atoms. The average molecular weight is 600 g/mol. The molecule has 0 saturated heterocycles. The van der Waals surface area contributed by atoms with Gasteiger partial charge in [-0.15, -0.1) is 0 Å². The van der Waals surface area contributed by atoms with E-state index >= 15 is 0 Å². The van der Waals surface area contributed by atoms with Gasteiger partial charge in [0.15, 0.2) is 0 Å². The first-order chi connectivity index (χ1) is 13.0. The first-order valence-electron chi connectivity index (χ1n) is 5.15. The van der Waals surface area contributed by atoms with E-state index in [0.717, 1.165) is 0 Å². The third-order valence-electron chi connectivity index (χ3n) is 1.17. The largest absolute Gasteiger partial charge is 0.522 e. The summed E-state index contributed by atoms with van der Waals surface area (Å²) in [7, 11) is -23.4. The molecule has 4 N–H and O–H groups in total. The fourth-order valence-electron chi connectivity index (χ4n) is 0. The fraction of sp³-hybridized carbons (Fsp3) is 1.00. The Morgan fingerprint density at radius 2 is 0.344 bits per heavy atom. The van der Waals surface area contributed by atoms with Crippen molar-refractivity contribution in [3.63, 3.8) is 0 Å². The van der Waals surface area contributed by atoms with Crippen molar-refractivity contribution in [2.75, 3.05) is 0 Å². The number of hydrogen-bond acceptors (Lipinski definition) is 8. The molecular weight excluding hydrogens is 596 g/mol. The van der Waals surface area contributed by atoms with Crippen LogP contribution in [0, 0.1) is 0 Å². The summed E-state index contributed by atoms with van der Waals surface area (Å²) in [5.74, 6) is 0. The highest BCUT2D eigenvalue weighted by molar-refractivity contribution is 7.87. The van der Waals surface area contributed by atoms with Gasteiger partial charge in [-0.3, -0.25) is 18.2 Å². The molecule has 32 heavy (non-hydrogen) atoms. The van der Waals surface area contributed by atoms with Crippen molar-refractivity contribution in [1.29, 1.82) is 0 Å². The number of hydrogen-bond donors (Lipinski definition) is 4. The maximum atomic E-state index is 10.7. The molecule has 0 aromatic rings. The SMILES string of the molecule is O=S(=O)(O)C(F)(F)F.O=S(=O)(O)C(F)(F)F.O=S(=O)(O)C(F)(F)F.O=S(=O)(O)C(F)(F)F. The average Bonchev–Trinajstić information content (AvgIpc) is 2.30. The highest BCUT2D eigenvalue weighted by Crippen LogP contribution is 2.22. The molecule has 0 aliphatic rings. The van der Waals surface area contributed by atoms with Crippen molar-refractivity contribution in [2.45, 2.75) is 22.0 Å². The van der Waals surface area contributed by atoms with E-state index in [4.69, 9.17) is 51.9 Å². The molecule has 0 aliphatic heterocycles. The van der Waals surface area contributed by atoms with Gasteiger partial charge in [0, 0.05) is 0 Å². The molecule has 0 amide bonds. The van der Waals surface area contributed by atoms with Gasteiger partial charge in [-0.05, 0) is 0 Å². The van der Waals surface area contributed by atoms with Crippen molar-refractivity contribution in [3.8, 4) is 0 Å². The molecule has 200 valence electrons. The van der Waals surface area contributed by atoms with Gasteiger partial charge in [0.2, 0.25) is 0 Å². The molecule has 0 heterocycles. The van der Waals surface area contributed by atoms with Crippen LogP contribution in [-0.2, 0) is 40.5 Å². The number of rotatable bonds is 0. The summed E-state index contributed by atoms with van der Waals surface area (Å²) in [5, 5.41) is 0. The van der Waals surface area contributed by atoms with Crippen LogP contribution < -0.4 is 0 Å². The minimum atomic E-state index is -5.84. The Hall–Kier alpha value is -1.20. The molecule has 12 nitrogen and oxygen atoms in total. The van der Waals surface area contributed by atoms with E-state index in [-0.39, 0.29) is 0 Å². The third kappa shape index (κ3) is 18.4. The van der Waals surface area contributed by atoms with E-state index < -0.39 is 62.5 Å². The van der Waals surface area contributed by atoms with Gasteiger partial charge >= 0.3 is 62.5 Å². The first kappa shape index (κ1) is 38.1. The molecule has 0 aromatic carbocycles. The monoisotopic (exact) mass is 600 g/mol. The van der Waals surface area contributed by atoms with Crippen LogP contribution in [0.1, 0.15) is 0 Å². The molecule has 0 spiro atoms. The highest BCUT2D eigenvalue weighted by Gasteiger charge is 2.46. The second-order valence-electron chi connectivity index (χ2n) is 3.68. The molecule has 0 rings (SSSR count). The van der Waals surface area contributed by atoms with Gasteiger partial charge in [-0.1, -0.05) is 0 Å². The summed E-state index contributed by atoms with van der Waals surface area (Å²) in [4.78, 5) is 0. The van der Waals surface area contributed by atoms with E-state index in [1.165, 1.54) is 0 Å². The summed E-state index contributed by atoms with van der Waals surface area (Å²) < 4.78 is 230. The summed E-state index contributed by atoms with van der Waals surface area (Å²) in [6, 6.07) is 0. The highest BCUT2D eigenvalue weighted by atomic mass is 32.2. The van der Waals surface area contributed by atoms with E-state index in [2.05, 4.69) is 0 Å². The lowest BCUT2D eigenvalue weighted by Gasteiger charge is -1.97. The van der Waals surface area contributed by atoms with Gasteiger partial charge in [0.25, 0.3) is 0 Å². The molecule has 0 unspecified atom stereocenters. The summed E-state index contributed by atoms with van der Waals surface area (Å²) >= 11 is 0. The van der Waals surface area contributed by atoms with E-state index in [0.29, 0.717) is 0 Å². The fourth-order valence-corrected chi connectivity index (χ4v) is 0. The Morgan fingerprint density at radius 1 is 0.312 bits per heavy atom. The molecule has 0 saturated carbocycles. The lowest BCUT2D eigenvalue weighted by Crippen LogP contribution is -2.21. The molecule has 0 aromatic heterocycles. The van der Waals surface area contributed by atoms with Gasteiger partial charge in [0.1, 0.15) is 0 Å². The maximum absolute atomic E-state index is 10.7. The zero-order valence-electron chi connectivity index (χ0n) is 13.2. The Balaban J connectivity index is -0.000000163. The molecule has 0 radical (unpaired) electrons. The molecule has 0 aliphatic carbocycles. The molecule has 0 atom stereocenters. The second-order valence-corrected chi connectivity index (χ2v) is 9.34. The summed E-state index contributed by atoms with van der Waals surface area (Å²) in [6.45, 7) is 0. The Kier molecular flexibility index (Phi) is 13.4. The normalized spacial score (nSPS) is 14.0. The topological polar surface area (TPSA) is 217 Å². The van der Waals surface area contributed by atoms with Crippen molar-refractivity contribution in [3.05, 3.63) is 0 Å². The van der Waals surface area contributed by atoms with Crippen LogP contribution in [-0.4, -0.2) is 73.9 Å². The molecule has 0 fully saturated rings.